The number of carbonyl (C=O) groups is 2. The summed E-state index contributed by atoms with van der Waals surface area (Å²) in [5.74, 6) is -0.574. The van der Waals surface area contributed by atoms with Gasteiger partial charge in [-0.05, 0) is 53.8 Å². The van der Waals surface area contributed by atoms with E-state index in [-0.39, 0.29) is 29.8 Å². The van der Waals surface area contributed by atoms with Crippen molar-refractivity contribution >= 4 is 23.3 Å². The molecule has 0 unspecified atom stereocenters. The van der Waals surface area contributed by atoms with Gasteiger partial charge in [0.1, 0.15) is 5.82 Å². The lowest BCUT2D eigenvalue weighted by Gasteiger charge is -2.26. The second-order valence-electron chi connectivity index (χ2n) is 8.11. The van der Waals surface area contributed by atoms with E-state index >= 15 is 0 Å². The van der Waals surface area contributed by atoms with Gasteiger partial charge in [-0.1, -0.05) is 60.2 Å². The number of amides is 1. The van der Waals surface area contributed by atoms with Crippen LogP contribution < -0.4 is 5.32 Å². The average molecular weight is 463 g/mol. The van der Waals surface area contributed by atoms with E-state index in [1.807, 2.05) is 59.7 Å². The lowest BCUT2D eigenvalue weighted by molar-refractivity contribution is -0.117. The molecule has 2 heterocycles. The number of hydrogen-bond donors (Lipinski definition) is 1. The highest BCUT2D eigenvalue weighted by Gasteiger charge is 2.23. The van der Waals surface area contributed by atoms with Gasteiger partial charge >= 0.3 is 0 Å². The normalized spacial score (nSPS) is 17.7. The van der Waals surface area contributed by atoms with E-state index in [0.29, 0.717) is 29.6 Å². The minimum atomic E-state index is -0.430. The molecule has 3 aliphatic rings. The highest BCUT2D eigenvalue weighted by Crippen LogP contribution is 2.28. The Hall–Kier alpha value is -3.44. The van der Waals surface area contributed by atoms with Crippen molar-refractivity contribution in [3.8, 4) is 0 Å². The van der Waals surface area contributed by atoms with Crippen molar-refractivity contribution in [2.75, 3.05) is 13.1 Å². The fourth-order valence-electron chi connectivity index (χ4n) is 3.90. The summed E-state index contributed by atoms with van der Waals surface area (Å²) >= 11 is 5.92. The lowest BCUT2D eigenvalue weighted by atomic mass is 10.0. The molecular weight excluding hydrogens is 439 g/mol. The average Bonchev–Trinajstić information content (AvgIpc) is 3.14. The Kier molecular flexibility index (Phi) is 6.90. The van der Waals surface area contributed by atoms with Crippen LogP contribution in [0.2, 0.25) is 5.02 Å². The fraction of sp³-hybridized carbons (Fsp3) is 0.185. The molecular formula is C27H24ClFN2O2. The molecule has 0 fully saturated rings. The Morgan fingerprint density at radius 1 is 1.21 bits per heavy atom. The van der Waals surface area contributed by atoms with Crippen molar-refractivity contribution in [1.82, 2.24) is 10.2 Å². The van der Waals surface area contributed by atoms with Gasteiger partial charge in [-0.2, -0.15) is 0 Å². The summed E-state index contributed by atoms with van der Waals surface area (Å²) in [6.07, 6.45) is 17.8. The molecule has 0 saturated carbocycles. The first-order valence-corrected chi connectivity index (χ1v) is 11.1. The summed E-state index contributed by atoms with van der Waals surface area (Å²) in [5, 5.41) is 3.07. The quantitative estimate of drug-likeness (QED) is 0.660. The number of rotatable bonds is 5. The molecule has 1 amide bonds. The third-order valence-corrected chi connectivity index (χ3v) is 6.00. The van der Waals surface area contributed by atoms with Gasteiger partial charge in [0.05, 0.1) is 11.6 Å². The molecule has 33 heavy (non-hydrogen) atoms. The summed E-state index contributed by atoms with van der Waals surface area (Å²) in [4.78, 5) is 27.1. The third kappa shape index (κ3) is 5.32. The molecule has 0 spiro atoms. The molecule has 168 valence electrons. The number of nitrogens with zero attached hydrogens (tertiary/aromatic N) is 1. The first kappa shape index (κ1) is 22.7. The fourth-order valence-corrected chi connectivity index (χ4v) is 4.09. The second-order valence-corrected chi connectivity index (χ2v) is 8.51. The van der Waals surface area contributed by atoms with Crippen molar-refractivity contribution in [2.45, 2.75) is 19.8 Å². The molecule has 6 heteroatoms. The number of ketones is 1. The van der Waals surface area contributed by atoms with E-state index in [1.54, 1.807) is 19.1 Å². The Morgan fingerprint density at radius 2 is 2.06 bits per heavy atom. The maximum absolute atomic E-state index is 14.4. The summed E-state index contributed by atoms with van der Waals surface area (Å²) in [5.41, 5.74) is 4.34. The number of halogens is 2. The molecule has 0 atom stereocenters. The molecule has 0 saturated heterocycles. The van der Waals surface area contributed by atoms with Crippen LogP contribution in [0.1, 0.15) is 18.9 Å². The zero-order chi connectivity index (χ0) is 23.4. The van der Waals surface area contributed by atoms with Crippen LogP contribution in [0.25, 0.3) is 0 Å². The Balaban J connectivity index is 1.56. The molecule has 2 aliphatic heterocycles. The van der Waals surface area contributed by atoms with E-state index in [2.05, 4.69) is 5.32 Å². The summed E-state index contributed by atoms with van der Waals surface area (Å²) in [6, 6.07) is 4.94. The topological polar surface area (TPSA) is 49.4 Å². The minimum absolute atomic E-state index is 0.00425. The minimum Gasteiger partial charge on any atom is -0.348 e. The van der Waals surface area contributed by atoms with Gasteiger partial charge in [-0.25, -0.2) is 4.39 Å². The SMILES string of the molecule is CC1=CC(CNC(=O)C2=CC=CC=CC2)=C2C=CC(Cc3cccc(Cl)c3F)=CN2CC1=O. The predicted octanol–water partition coefficient (Wildman–Crippen LogP) is 5.12. The standard InChI is InChI=1S/C27H24ClFN2O2/c1-18-13-22(15-30-27(33)20-7-4-2-3-5-8-20)24-12-11-19(16-31(24)17-25(18)32)14-21-9-6-10-23(28)26(21)29/h2-7,9-13,16H,8,14-15,17H2,1H3,(H,30,33). The Bertz CT molecular complexity index is 1210. The van der Waals surface area contributed by atoms with Crippen LogP contribution in [0.15, 0.2) is 101 Å². The van der Waals surface area contributed by atoms with Crippen LogP contribution in [0.4, 0.5) is 4.39 Å². The highest BCUT2D eigenvalue weighted by atomic mass is 35.5. The van der Waals surface area contributed by atoms with Gasteiger partial charge in [0.15, 0.2) is 5.78 Å². The van der Waals surface area contributed by atoms with Gasteiger partial charge in [0.2, 0.25) is 5.91 Å². The zero-order valence-corrected chi connectivity index (χ0v) is 19.0. The van der Waals surface area contributed by atoms with Gasteiger partial charge in [0, 0.05) is 30.4 Å². The van der Waals surface area contributed by atoms with E-state index in [0.717, 1.165) is 16.8 Å². The van der Waals surface area contributed by atoms with Gasteiger partial charge in [0.25, 0.3) is 0 Å². The smallest absolute Gasteiger partial charge is 0.247 e. The van der Waals surface area contributed by atoms with Crippen LogP contribution in [0.5, 0.6) is 0 Å². The third-order valence-electron chi connectivity index (χ3n) is 5.71. The molecule has 1 aromatic carbocycles. The number of benzene rings is 1. The van der Waals surface area contributed by atoms with Crippen molar-refractivity contribution in [3.05, 3.63) is 117 Å². The summed E-state index contributed by atoms with van der Waals surface area (Å²) in [6.45, 7) is 2.25. The predicted molar refractivity (Wildman–Crippen MR) is 129 cm³/mol. The van der Waals surface area contributed by atoms with Crippen molar-refractivity contribution < 1.29 is 14.0 Å². The Morgan fingerprint density at radius 3 is 2.91 bits per heavy atom. The van der Waals surface area contributed by atoms with E-state index < -0.39 is 5.82 Å². The maximum atomic E-state index is 14.4. The van der Waals surface area contributed by atoms with E-state index in [4.69, 9.17) is 11.6 Å². The molecule has 1 N–H and O–H groups in total. The molecule has 1 aliphatic carbocycles. The van der Waals surface area contributed by atoms with Crippen molar-refractivity contribution in [3.63, 3.8) is 0 Å². The van der Waals surface area contributed by atoms with E-state index in [1.165, 1.54) is 6.07 Å². The van der Waals surface area contributed by atoms with Crippen LogP contribution in [-0.4, -0.2) is 29.7 Å². The monoisotopic (exact) mass is 462 g/mol. The summed E-state index contributed by atoms with van der Waals surface area (Å²) < 4.78 is 14.4. The van der Waals surface area contributed by atoms with Gasteiger partial charge < -0.3 is 10.2 Å². The summed E-state index contributed by atoms with van der Waals surface area (Å²) in [7, 11) is 0. The first-order valence-electron chi connectivity index (χ1n) is 10.8. The molecule has 0 aromatic heterocycles. The zero-order valence-electron chi connectivity index (χ0n) is 18.3. The first-order chi connectivity index (χ1) is 15.9. The molecule has 4 nitrogen and oxygen atoms in total. The molecule has 0 radical (unpaired) electrons. The van der Waals surface area contributed by atoms with Crippen molar-refractivity contribution in [1.29, 1.82) is 0 Å². The van der Waals surface area contributed by atoms with Crippen LogP contribution in [0.3, 0.4) is 0 Å². The molecule has 0 bridgehead atoms. The lowest BCUT2D eigenvalue weighted by Crippen LogP contribution is -2.29. The maximum Gasteiger partial charge on any atom is 0.247 e. The van der Waals surface area contributed by atoms with E-state index in [9.17, 15) is 14.0 Å². The largest absolute Gasteiger partial charge is 0.348 e. The van der Waals surface area contributed by atoms with Crippen LogP contribution in [0, 0.1) is 5.82 Å². The number of carbonyl (C=O) groups excluding carboxylic acids is 2. The van der Waals surface area contributed by atoms with Crippen LogP contribution >= 0.6 is 11.6 Å². The van der Waals surface area contributed by atoms with Crippen molar-refractivity contribution in [2.24, 2.45) is 0 Å². The second kappa shape index (κ2) is 10.0. The number of nitrogens with one attached hydrogen (secondary N) is 1. The van der Waals surface area contributed by atoms with Gasteiger partial charge in [-0.3, -0.25) is 9.59 Å². The van der Waals surface area contributed by atoms with Crippen LogP contribution in [-0.2, 0) is 16.0 Å². The Labute approximate surface area is 197 Å². The molecule has 4 rings (SSSR count). The number of Topliss-reactive ketones (excluding diaryl/α,β-unsaturated/α-hetero) is 1. The number of allylic oxidation sites excluding steroid dienone is 8. The highest BCUT2D eigenvalue weighted by molar-refractivity contribution is 6.30. The number of hydrogen-bond acceptors (Lipinski definition) is 3. The molecule has 1 aromatic rings. The number of fused-ring (bicyclic) bond motifs is 1. The van der Waals surface area contributed by atoms with Gasteiger partial charge in [-0.15, -0.1) is 0 Å².